The fourth-order valence-electron chi connectivity index (χ4n) is 5.21. The molecule has 0 aliphatic carbocycles. The molecule has 2 aliphatic rings. The van der Waals surface area contributed by atoms with Crippen LogP contribution >= 0.6 is 23.5 Å². The Kier molecular flexibility index (Phi) is 11.3. The van der Waals surface area contributed by atoms with Gasteiger partial charge in [-0.3, -0.25) is 0 Å². The minimum Gasteiger partial charge on any atom is -0.493 e. The van der Waals surface area contributed by atoms with Crippen LogP contribution in [0.4, 0.5) is 0 Å². The molecule has 0 fully saturated rings. The van der Waals surface area contributed by atoms with Gasteiger partial charge in [0.25, 0.3) is 0 Å². The second-order valence-electron chi connectivity index (χ2n) is 10.9. The number of methoxy groups -OCH3 is 2. The van der Waals surface area contributed by atoms with Crippen molar-refractivity contribution in [1.29, 1.82) is 0 Å². The van der Waals surface area contributed by atoms with Crippen LogP contribution in [-0.4, -0.2) is 14.2 Å². The molecule has 48 heavy (non-hydrogen) atoms. The molecule has 0 amide bonds. The monoisotopic (exact) mass is 660 g/mol. The second kappa shape index (κ2) is 16.6. The van der Waals surface area contributed by atoms with Crippen molar-refractivity contribution in [3.63, 3.8) is 0 Å². The molecule has 0 saturated carbocycles. The number of ether oxygens (including phenoxy) is 2. The molecule has 2 aliphatic heterocycles. The van der Waals surface area contributed by atoms with Gasteiger partial charge in [0.2, 0.25) is 0 Å². The number of hydrogen-bond donors (Lipinski definition) is 0. The molecule has 6 rings (SSSR count). The van der Waals surface area contributed by atoms with E-state index in [9.17, 15) is 0 Å². The van der Waals surface area contributed by atoms with E-state index in [-0.39, 0.29) is 0 Å². The Hall–Kier alpha value is -5.16. The molecule has 2 heterocycles. The molecule has 0 atom stereocenters. The van der Waals surface area contributed by atoms with Crippen LogP contribution in [0.2, 0.25) is 0 Å². The normalized spacial score (nSPS) is 15.3. The van der Waals surface area contributed by atoms with Gasteiger partial charge in [0.1, 0.15) is 0 Å². The van der Waals surface area contributed by atoms with E-state index in [1.54, 1.807) is 37.7 Å². The van der Waals surface area contributed by atoms with E-state index >= 15 is 0 Å². The highest BCUT2D eigenvalue weighted by Gasteiger charge is 2.15. The molecule has 0 spiro atoms. The molecule has 0 unspecified atom stereocenters. The Bertz CT molecular complexity index is 1730. The number of hydrogen-bond acceptors (Lipinski definition) is 4. The van der Waals surface area contributed by atoms with E-state index in [0.29, 0.717) is 11.5 Å². The van der Waals surface area contributed by atoms with Gasteiger partial charge in [-0.15, -0.1) is 0 Å². The molecule has 236 valence electrons. The van der Waals surface area contributed by atoms with Crippen molar-refractivity contribution in [2.24, 2.45) is 0 Å². The Labute approximate surface area is 292 Å². The molecular formula is C44H36O2S2. The number of allylic oxidation sites excluding steroid dienone is 12. The van der Waals surface area contributed by atoms with Gasteiger partial charge in [-0.25, -0.2) is 0 Å². The lowest BCUT2D eigenvalue weighted by atomic mass is 10.1. The third-order valence-electron chi connectivity index (χ3n) is 7.62. The van der Waals surface area contributed by atoms with E-state index < -0.39 is 0 Å². The van der Waals surface area contributed by atoms with Gasteiger partial charge in [-0.05, 0) is 69.9 Å². The highest BCUT2D eigenvalue weighted by atomic mass is 32.2. The Balaban J connectivity index is 1.27. The summed E-state index contributed by atoms with van der Waals surface area (Å²) in [4.78, 5) is 4.84. The SMILES string of the molecule is COC(/C=C/C=C1C=C(c2ccccc2)SC(c2ccccc2)=C1)=C(\C=C\C=C1C=C(c2ccccc2)SC(c2ccccc2)=C1)OC. The highest BCUT2D eigenvalue weighted by Crippen LogP contribution is 2.45. The zero-order valence-corrected chi connectivity index (χ0v) is 28.6. The maximum atomic E-state index is 5.77. The Morgan fingerprint density at radius 3 is 0.938 bits per heavy atom. The van der Waals surface area contributed by atoms with Crippen molar-refractivity contribution in [2.45, 2.75) is 0 Å². The van der Waals surface area contributed by atoms with E-state index in [0.717, 1.165) is 11.1 Å². The van der Waals surface area contributed by atoms with Gasteiger partial charge in [0.05, 0.1) is 14.2 Å². The average molecular weight is 661 g/mol. The standard InChI is InChI=1S/C44H36O2S2/c1-45-39(27-15-17-33-29-41(35-19-7-3-8-20-35)47-42(30-33)36-21-9-4-10-22-36)40(46-2)28-16-18-34-31-43(37-23-11-5-12-24-37)48-44(32-34)38-25-13-6-14-26-38/h3-32H,1-2H3/b27-15+,28-16+,40-39+. The second-order valence-corrected chi connectivity index (χ2v) is 13.1. The first kappa shape index (κ1) is 32.8. The molecule has 0 saturated heterocycles. The van der Waals surface area contributed by atoms with E-state index in [4.69, 9.17) is 9.47 Å². The summed E-state index contributed by atoms with van der Waals surface area (Å²) >= 11 is 3.58. The summed E-state index contributed by atoms with van der Waals surface area (Å²) in [5, 5.41) is 0. The number of rotatable bonds is 10. The van der Waals surface area contributed by atoms with Gasteiger partial charge in [0.15, 0.2) is 11.5 Å². The summed E-state index contributed by atoms with van der Waals surface area (Å²) in [5.41, 5.74) is 7.01. The number of thioether (sulfide) groups is 2. The molecule has 4 aromatic carbocycles. The van der Waals surface area contributed by atoms with Crippen LogP contribution < -0.4 is 0 Å². The minimum atomic E-state index is 0.633. The zero-order chi connectivity index (χ0) is 33.0. The highest BCUT2D eigenvalue weighted by molar-refractivity contribution is 8.17. The Morgan fingerprint density at radius 1 is 0.417 bits per heavy atom. The summed E-state index contributed by atoms with van der Waals surface area (Å²) in [6.45, 7) is 0. The van der Waals surface area contributed by atoms with Gasteiger partial charge >= 0.3 is 0 Å². The van der Waals surface area contributed by atoms with Gasteiger partial charge in [-0.2, -0.15) is 0 Å². The average Bonchev–Trinajstić information content (AvgIpc) is 3.16. The van der Waals surface area contributed by atoms with Crippen LogP contribution in [0.15, 0.2) is 205 Å². The smallest absolute Gasteiger partial charge is 0.160 e. The number of benzene rings is 4. The molecule has 0 N–H and O–H groups in total. The minimum absolute atomic E-state index is 0.633. The van der Waals surface area contributed by atoms with Crippen molar-refractivity contribution in [3.05, 3.63) is 227 Å². The molecule has 0 bridgehead atoms. The zero-order valence-electron chi connectivity index (χ0n) is 27.0. The van der Waals surface area contributed by atoms with Crippen LogP contribution in [-0.2, 0) is 9.47 Å². The first-order chi connectivity index (χ1) is 23.7. The summed E-state index contributed by atoms with van der Waals surface area (Å²) < 4.78 is 11.5. The summed E-state index contributed by atoms with van der Waals surface area (Å²) in [6.07, 6.45) is 21.0. The molecule has 0 radical (unpaired) electrons. The van der Waals surface area contributed by atoms with Gasteiger partial charge < -0.3 is 9.47 Å². The quantitative estimate of drug-likeness (QED) is 0.124. The van der Waals surface area contributed by atoms with Crippen molar-refractivity contribution in [3.8, 4) is 0 Å². The first-order valence-electron chi connectivity index (χ1n) is 15.7. The first-order valence-corrected chi connectivity index (χ1v) is 17.4. The van der Waals surface area contributed by atoms with E-state index in [1.807, 2.05) is 48.6 Å². The summed E-state index contributed by atoms with van der Waals surface area (Å²) in [6, 6.07) is 42.1. The van der Waals surface area contributed by atoms with Crippen LogP contribution in [0.3, 0.4) is 0 Å². The predicted octanol–water partition coefficient (Wildman–Crippen LogP) is 12.1. The maximum absolute atomic E-state index is 5.77. The van der Waals surface area contributed by atoms with E-state index in [2.05, 4.69) is 134 Å². The molecule has 4 heteroatoms. The van der Waals surface area contributed by atoms with Gasteiger partial charge in [-0.1, -0.05) is 169 Å². The lowest BCUT2D eigenvalue weighted by Gasteiger charge is -2.17. The molecule has 4 aromatic rings. The van der Waals surface area contributed by atoms with Crippen molar-refractivity contribution >= 4 is 43.1 Å². The summed E-state index contributed by atoms with van der Waals surface area (Å²) in [7, 11) is 3.33. The molecular weight excluding hydrogens is 625 g/mol. The molecule has 2 nitrogen and oxygen atoms in total. The van der Waals surface area contributed by atoms with Crippen molar-refractivity contribution in [1.82, 2.24) is 0 Å². The molecule has 0 aromatic heterocycles. The Morgan fingerprint density at radius 2 is 0.688 bits per heavy atom. The van der Waals surface area contributed by atoms with E-state index in [1.165, 1.54) is 41.9 Å². The fourth-order valence-corrected chi connectivity index (χ4v) is 7.48. The van der Waals surface area contributed by atoms with Crippen LogP contribution in [0.1, 0.15) is 22.3 Å². The van der Waals surface area contributed by atoms with Gasteiger partial charge in [0, 0.05) is 19.6 Å². The maximum Gasteiger partial charge on any atom is 0.160 e. The van der Waals surface area contributed by atoms with Crippen molar-refractivity contribution < 1.29 is 9.47 Å². The largest absolute Gasteiger partial charge is 0.493 e. The summed E-state index contributed by atoms with van der Waals surface area (Å²) in [5.74, 6) is 1.27. The third-order valence-corrected chi connectivity index (χ3v) is 9.91. The topological polar surface area (TPSA) is 18.5 Å². The third kappa shape index (κ3) is 8.60. The predicted molar refractivity (Wildman–Crippen MR) is 208 cm³/mol. The lowest BCUT2D eigenvalue weighted by Crippen LogP contribution is -1.93. The van der Waals surface area contributed by atoms with Crippen LogP contribution in [0.5, 0.6) is 0 Å². The van der Waals surface area contributed by atoms with Crippen molar-refractivity contribution in [2.75, 3.05) is 14.2 Å². The van der Waals surface area contributed by atoms with Crippen LogP contribution in [0, 0.1) is 0 Å². The van der Waals surface area contributed by atoms with Crippen LogP contribution in [0.25, 0.3) is 19.6 Å². The lowest BCUT2D eigenvalue weighted by molar-refractivity contribution is 0.241. The fraction of sp³-hybridized carbons (Fsp3) is 0.0455.